The summed E-state index contributed by atoms with van der Waals surface area (Å²) in [6.07, 6.45) is 2.33. The van der Waals surface area contributed by atoms with Crippen LogP contribution in [0.25, 0.3) is 0 Å². The van der Waals surface area contributed by atoms with Crippen molar-refractivity contribution in [2.75, 3.05) is 6.54 Å². The monoisotopic (exact) mass is 249 g/mol. The molecule has 1 N–H and O–H groups in total. The van der Waals surface area contributed by atoms with E-state index < -0.39 is 0 Å². The average Bonchev–Trinajstić information content (AvgIpc) is 2.48. The Morgan fingerprint density at radius 3 is 2.79 bits per heavy atom. The zero-order valence-electron chi connectivity index (χ0n) is 7.80. The fourth-order valence-electron chi connectivity index (χ4n) is 1.67. The van der Waals surface area contributed by atoms with E-state index in [1.54, 1.807) is 11.3 Å². The number of nitrogens with one attached hydrogen (secondary N) is 1. The number of hydrogen-bond donors (Lipinski definition) is 1. The maximum absolute atomic E-state index is 5.90. The second-order valence-electron chi connectivity index (χ2n) is 3.77. The van der Waals surface area contributed by atoms with E-state index in [1.165, 1.54) is 17.7 Å². The van der Waals surface area contributed by atoms with Crippen molar-refractivity contribution in [3.63, 3.8) is 0 Å². The van der Waals surface area contributed by atoms with Crippen LogP contribution in [-0.4, -0.2) is 11.9 Å². The predicted molar refractivity (Wildman–Crippen MR) is 63.4 cm³/mol. The average molecular weight is 250 g/mol. The van der Waals surface area contributed by atoms with Crippen molar-refractivity contribution in [1.29, 1.82) is 0 Å². The molecule has 78 valence electrons. The van der Waals surface area contributed by atoms with Crippen LogP contribution in [0.1, 0.15) is 17.7 Å². The van der Waals surface area contributed by atoms with Crippen molar-refractivity contribution in [3.8, 4) is 0 Å². The van der Waals surface area contributed by atoms with Gasteiger partial charge < -0.3 is 5.32 Å². The van der Waals surface area contributed by atoms with Crippen LogP contribution in [0, 0.1) is 5.92 Å². The van der Waals surface area contributed by atoms with E-state index in [4.69, 9.17) is 23.2 Å². The van der Waals surface area contributed by atoms with Crippen molar-refractivity contribution >= 4 is 34.5 Å². The van der Waals surface area contributed by atoms with Gasteiger partial charge in [-0.25, -0.2) is 0 Å². The molecule has 1 aliphatic carbocycles. The van der Waals surface area contributed by atoms with Gasteiger partial charge in [-0.3, -0.25) is 0 Å². The van der Waals surface area contributed by atoms with Gasteiger partial charge in [-0.2, -0.15) is 0 Å². The van der Waals surface area contributed by atoms with E-state index in [0.29, 0.717) is 5.38 Å². The fourth-order valence-corrected chi connectivity index (χ4v) is 3.23. The van der Waals surface area contributed by atoms with Gasteiger partial charge in [0.25, 0.3) is 0 Å². The van der Waals surface area contributed by atoms with Crippen LogP contribution >= 0.6 is 34.5 Å². The first kappa shape index (κ1) is 10.7. The molecule has 0 aromatic carbocycles. The highest BCUT2D eigenvalue weighted by Crippen LogP contribution is 2.31. The highest BCUT2D eigenvalue weighted by molar-refractivity contribution is 7.16. The standard InChI is InChI=1S/C10H13Cl2NS/c11-8-3-7(4-8)5-13-6-9-1-2-10(12)14-9/h1-2,7-8,13H,3-6H2. The summed E-state index contributed by atoms with van der Waals surface area (Å²) in [6, 6.07) is 4.02. The van der Waals surface area contributed by atoms with E-state index in [1.807, 2.05) is 6.07 Å². The first-order valence-electron chi connectivity index (χ1n) is 4.83. The van der Waals surface area contributed by atoms with Crippen molar-refractivity contribution in [3.05, 3.63) is 21.3 Å². The molecule has 0 radical (unpaired) electrons. The number of hydrogen-bond acceptors (Lipinski definition) is 2. The molecule has 14 heavy (non-hydrogen) atoms. The third-order valence-electron chi connectivity index (χ3n) is 2.54. The molecule has 1 fully saturated rings. The minimum Gasteiger partial charge on any atom is -0.312 e. The topological polar surface area (TPSA) is 12.0 Å². The third-order valence-corrected chi connectivity index (χ3v) is 4.13. The van der Waals surface area contributed by atoms with E-state index in [0.717, 1.165) is 23.3 Å². The van der Waals surface area contributed by atoms with Crippen LogP contribution in [0.4, 0.5) is 0 Å². The van der Waals surface area contributed by atoms with Gasteiger partial charge >= 0.3 is 0 Å². The highest BCUT2D eigenvalue weighted by atomic mass is 35.5. The van der Waals surface area contributed by atoms with Gasteiger partial charge in [-0.15, -0.1) is 22.9 Å². The van der Waals surface area contributed by atoms with Crippen LogP contribution in [0.5, 0.6) is 0 Å². The Bertz CT molecular complexity index is 294. The van der Waals surface area contributed by atoms with Crippen LogP contribution in [0.15, 0.2) is 12.1 Å². The molecule has 1 heterocycles. The number of rotatable bonds is 4. The minimum atomic E-state index is 0.429. The first-order valence-corrected chi connectivity index (χ1v) is 6.46. The molecule has 2 rings (SSSR count). The molecule has 0 unspecified atom stereocenters. The molecule has 1 aromatic heterocycles. The summed E-state index contributed by atoms with van der Waals surface area (Å²) in [7, 11) is 0. The molecule has 1 nitrogen and oxygen atoms in total. The second-order valence-corrected chi connectivity index (χ2v) is 6.19. The zero-order chi connectivity index (χ0) is 9.97. The van der Waals surface area contributed by atoms with Gasteiger partial charge in [0.2, 0.25) is 0 Å². The summed E-state index contributed by atoms with van der Waals surface area (Å²) in [5, 5.41) is 3.86. The van der Waals surface area contributed by atoms with E-state index >= 15 is 0 Å². The van der Waals surface area contributed by atoms with Gasteiger partial charge in [-0.1, -0.05) is 11.6 Å². The maximum Gasteiger partial charge on any atom is 0.0931 e. The van der Waals surface area contributed by atoms with E-state index in [9.17, 15) is 0 Å². The lowest BCUT2D eigenvalue weighted by molar-refractivity contribution is 0.308. The van der Waals surface area contributed by atoms with Crippen molar-refractivity contribution < 1.29 is 0 Å². The highest BCUT2D eigenvalue weighted by Gasteiger charge is 2.26. The number of thiophene rings is 1. The van der Waals surface area contributed by atoms with E-state index in [2.05, 4.69) is 11.4 Å². The predicted octanol–water partition coefficient (Wildman–Crippen LogP) is 3.51. The van der Waals surface area contributed by atoms with E-state index in [-0.39, 0.29) is 0 Å². The smallest absolute Gasteiger partial charge is 0.0931 e. The Kier molecular flexibility index (Phi) is 3.72. The lowest BCUT2D eigenvalue weighted by atomic mass is 9.85. The molecule has 0 saturated heterocycles. The quantitative estimate of drug-likeness (QED) is 0.806. The largest absolute Gasteiger partial charge is 0.312 e. The van der Waals surface area contributed by atoms with Gasteiger partial charge in [0.05, 0.1) is 4.34 Å². The van der Waals surface area contributed by atoms with Crippen LogP contribution < -0.4 is 5.32 Å². The summed E-state index contributed by atoms with van der Waals surface area (Å²) in [4.78, 5) is 1.30. The molecular formula is C10H13Cl2NS. The molecule has 0 amide bonds. The molecular weight excluding hydrogens is 237 g/mol. The Hall–Kier alpha value is 0.240. The third kappa shape index (κ3) is 2.86. The Balaban J connectivity index is 1.63. The molecule has 1 aliphatic rings. The lowest BCUT2D eigenvalue weighted by Gasteiger charge is -2.30. The summed E-state index contributed by atoms with van der Waals surface area (Å²) >= 11 is 13.4. The Morgan fingerprint density at radius 2 is 2.21 bits per heavy atom. The van der Waals surface area contributed by atoms with Crippen molar-refractivity contribution in [1.82, 2.24) is 5.32 Å². The van der Waals surface area contributed by atoms with Crippen LogP contribution in [-0.2, 0) is 6.54 Å². The second kappa shape index (κ2) is 4.84. The Labute approximate surface area is 98.4 Å². The van der Waals surface area contributed by atoms with Gasteiger partial charge in [0, 0.05) is 16.8 Å². The molecule has 1 saturated carbocycles. The summed E-state index contributed by atoms with van der Waals surface area (Å²) in [6.45, 7) is 2.01. The molecule has 0 bridgehead atoms. The molecule has 1 aromatic rings. The van der Waals surface area contributed by atoms with Crippen LogP contribution in [0.3, 0.4) is 0 Å². The van der Waals surface area contributed by atoms with Crippen molar-refractivity contribution in [2.45, 2.75) is 24.8 Å². The SMILES string of the molecule is Clc1ccc(CNCC2CC(Cl)C2)s1. The molecule has 0 atom stereocenters. The Morgan fingerprint density at radius 1 is 1.43 bits per heavy atom. The first-order chi connectivity index (χ1) is 6.74. The lowest BCUT2D eigenvalue weighted by Crippen LogP contribution is -2.33. The van der Waals surface area contributed by atoms with Gasteiger partial charge in [0.15, 0.2) is 0 Å². The number of alkyl halides is 1. The van der Waals surface area contributed by atoms with Crippen LogP contribution in [0.2, 0.25) is 4.34 Å². The zero-order valence-corrected chi connectivity index (χ0v) is 10.1. The van der Waals surface area contributed by atoms with Gasteiger partial charge in [-0.05, 0) is 37.4 Å². The van der Waals surface area contributed by atoms with Gasteiger partial charge in [0.1, 0.15) is 0 Å². The fraction of sp³-hybridized carbons (Fsp3) is 0.600. The summed E-state index contributed by atoms with van der Waals surface area (Å²) < 4.78 is 0.867. The molecule has 0 spiro atoms. The molecule has 0 aliphatic heterocycles. The van der Waals surface area contributed by atoms with Crippen molar-refractivity contribution in [2.24, 2.45) is 5.92 Å². The summed E-state index contributed by atoms with van der Waals surface area (Å²) in [5.74, 6) is 0.785. The molecule has 4 heteroatoms. The minimum absolute atomic E-state index is 0.429. The number of halogens is 2. The normalized spacial score (nSPS) is 26.1. The maximum atomic E-state index is 5.90. The summed E-state index contributed by atoms with van der Waals surface area (Å²) in [5.41, 5.74) is 0.